The van der Waals surface area contributed by atoms with Crippen molar-refractivity contribution in [3.05, 3.63) is 29.8 Å². The monoisotopic (exact) mass is 207 g/mol. The van der Waals surface area contributed by atoms with Crippen LogP contribution in [0.15, 0.2) is 24.3 Å². The second kappa shape index (κ2) is 5.05. The first-order chi connectivity index (χ1) is 7.17. The smallest absolute Gasteiger partial charge is 0.241 e. The largest absolute Gasteiger partial charge is 0.497 e. The zero-order valence-electron chi connectivity index (χ0n) is 8.69. The van der Waals surface area contributed by atoms with E-state index in [4.69, 9.17) is 15.2 Å². The van der Waals surface area contributed by atoms with Crippen LogP contribution in [0.3, 0.4) is 0 Å². The van der Waals surface area contributed by atoms with Crippen molar-refractivity contribution in [1.82, 2.24) is 0 Å². The van der Waals surface area contributed by atoms with Crippen LogP contribution in [0.1, 0.15) is 5.56 Å². The van der Waals surface area contributed by atoms with Gasteiger partial charge < -0.3 is 15.2 Å². The molecule has 0 aromatic heterocycles. The Hall–Kier alpha value is -1.97. The predicted octanol–water partition coefficient (Wildman–Crippen LogP) is 1.20. The lowest BCUT2D eigenvalue weighted by molar-refractivity contribution is -0.113. The summed E-state index contributed by atoms with van der Waals surface area (Å²) in [5.41, 5.74) is 5.77. The molecule has 4 heteroatoms. The van der Waals surface area contributed by atoms with Crippen molar-refractivity contribution >= 4 is 12.0 Å². The molecule has 0 atom stereocenters. The molecule has 0 bridgehead atoms. The fourth-order valence-electron chi connectivity index (χ4n) is 1.13. The van der Waals surface area contributed by atoms with Gasteiger partial charge in [-0.05, 0) is 18.2 Å². The first-order valence-corrected chi connectivity index (χ1v) is 4.37. The Kier molecular flexibility index (Phi) is 3.74. The van der Waals surface area contributed by atoms with Crippen LogP contribution in [0, 0.1) is 0 Å². The summed E-state index contributed by atoms with van der Waals surface area (Å²) < 4.78 is 10.2. The Morgan fingerprint density at radius 3 is 2.60 bits per heavy atom. The molecule has 0 radical (unpaired) electrons. The highest BCUT2D eigenvalue weighted by molar-refractivity contribution is 5.90. The van der Waals surface area contributed by atoms with Crippen LogP contribution in [0.4, 0.5) is 0 Å². The normalized spacial score (nSPS) is 10.3. The molecule has 0 fully saturated rings. The van der Waals surface area contributed by atoms with E-state index in [-0.39, 0.29) is 0 Å². The van der Waals surface area contributed by atoms with E-state index in [1.807, 2.05) is 0 Å². The fourth-order valence-corrected chi connectivity index (χ4v) is 1.13. The van der Waals surface area contributed by atoms with Crippen molar-refractivity contribution < 1.29 is 14.3 Å². The van der Waals surface area contributed by atoms with Crippen LogP contribution >= 0.6 is 0 Å². The highest BCUT2D eigenvalue weighted by atomic mass is 16.5. The number of carbonyl (C=O) groups is 1. The molecule has 0 heterocycles. The highest BCUT2D eigenvalue weighted by Gasteiger charge is 2.01. The standard InChI is InChI=1S/C11H13NO3/c1-14-9-5-3-8(4-6-11(12)13)10(7-9)15-2/h3-7H,1-2H3,(H2,12,13)/b6-4-. The summed E-state index contributed by atoms with van der Waals surface area (Å²) in [5, 5.41) is 0. The van der Waals surface area contributed by atoms with Gasteiger partial charge in [0.1, 0.15) is 11.5 Å². The van der Waals surface area contributed by atoms with E-state index in [1.165, 1.54) is 6.08 Å². The van der Waals surface area contributed by atoms with E-state index in [9.17, 15) is 4.79 Å². The maximum atomic E-state index is 10.6. The van der Waals surface area contributed by atoms with Crippen LogP contribution in [0.5, 0.6) is 11.5 Å². The molecule has 1 aromatic rings. The Morgan fingerprint density at radius 1 is 1.33 bits per heavy atom. The van der Waals surface area contributed by atoms with E-state index in [0.29, 0.717) is 11.5 Å². The Morgan fingerprint density at radius 2 is 2.07 bits per heavy atom. The number of hydrogen-bond donors (Lipinski definition) is 1. The number of carbonyl (C=O) groups excluding carboxylic acids is 1. The first-order valence-electron chi connectivity index (χ1n) is 4.37. The number of hydrogen-bond acceptors (Lipinski definition) is 3. The lowest BCUT2D eigenvalue weighted by Gasteiger charge is -2.06. The van der Waals surface area contributed by atoms with Crippen molar-refractivity contribution in [2.45, 2.75) is 0 Å². The van der Waals surface area contributed by atoms with Gasteiger partial charge >= 0.3 is 0 Å². The number of primary amides is 1. The Labute approximate surface area is 88.3 Å². The molecule has 4 nitrogen and oxygen atoms in total. The molecule has 1 rings (SSSR count). The van der Waals surface area contributed by atoms with Crippen molar-refractivity contribution in [3.63, 3.8) is 0 Å². The Balaban J connectivity index is 3.02. The summed E-state index contributed by atoms with van der Waals surface area (Å²) in [7, 11) is 3.13. The number of amides is 1. The quantitative estimate of drug-likeness (QED) is 0.754. The van der Waals surface area contributed by atoms with Crippen LogP contribution < -0.4 is 15.2 Å². The van der Waals surface area contributed by atoms with E-state index >= 15 is 0 Å². The molecule has 15 heavy (non-hydrogen) atoms. The van der Waals surface area contributed by atoms with Gasteiger partial charge in [0.15, 0.2) is 0 Å². The molecule has 80 valence electrons. The van der Waals surface area contributed by atoms with Crippen molar-refractivity contribution in [1.29, 1.82) is 0 Å². The summed E-state index contributed by atoms with van der Waals surface area (Å²) >= 11 is 0. The van der Waals surface area contributed by atoms with Gasteiger partial charge in [-0.15, -0.1) is 0 Å². The number of methoxy groups -OCH3 is 2. The summed E-state index contributed by atoms with van der Waals surface area (Å²) in [6.45, 7) is 0. The molecule has 1 amide bonds. The van der Waals surface area contributed by atoms with Gasteiger partial charge in [-0.25, -0.2) is 0 Å². The second-order valence-corrected chi connectivity index (χ2v) is 2.84. The van der Waals surface area contributed by atoms with Gasteiger partial charge in [0.25, 0.3) is 0 Å². The second-order valence-electron chi connectivity index (χ2n) is 2.84. The van der Waals surface area contributed by atoms with Gasteiger partial charge in [0.2, 0.25) is 5.91 Å². The molecule has 0 aliphatic heterocycles. The molecule has 0 saturated carbocycles. The minimum atomic E-state index is -0.493. The van der Waals surface area contributed by atoms with Gasteiger partial charge in [0, 0.05) is 17.7 Å². The van der Waals surface area contributed by atoms with Crippen LogP contribution in [0.2, 0.25) is 0 Å². The van der Waals surface area contributed by atoms with Gasteiger partial charge in [-0.1, -0.05) is 0 Å². The third kappa shape index (κ3) is 3.02. The molecule has 0 aliphatic carbocycles. The van der Waals surface area contributed by atoms with E-state index in [0.717, 1.165) is 5.56 Å². The van der Waals surface area contributed by atoms with Crippen LogP contribution in [0.25, 0.3) is 6.08 Å². The summed E-state index contributed by atoms with van der Waals surface area (Å²) in [6, 6.07) is 5.31. The average Bonchev–Trinajstić information content (AvgIpc) is 2.25. The van der Waals surface area contributed by atoms with Gasteiger partial charge in [0.05, 0.1) is 14.2 Å². The molecule has 1 aromatic carbocycles. The molecule has 0 saturated heterocycles. The lowest BCUT2D eigenvalue weighted by atomic mass is 10.1. The SMILES string of the molecule is COc1ccc(/C=C\C(N)=O)c(OC)c1. The topological polar surface area (TPSA) is 61.5 Å². The average molecular weight is 207 g/mol. The zero-order chi connectivity index (χ0) is 11.3. The van der Waals surface area contributed by atoms with E-state index < -0.39 is 5.91 Å². The molecule has 2 N–H and O–H groups in total. The number of nitrogens with two attached hydrogens (primary N) is 1. The maximum absolute atomic E-state index is 10.6. The fraction of sp³-hybridized carbons (Fsp3) is 0.182. The van der Waals surface area contributed by atoms with Crippen LogP contribution in [-0.2, 0) is 4.79 Å². The molecule has 0 unspecified atom stereocenters. The van der Waals surface area contributed by atoms with E-state index in [2.05, 4.69) is 0 Å². The van der Waals surface area contributed by atoms with E-state index in [1.54, 1.807) is 38.5 Å². The highest BCUT2D eigenvalue weighted by Crippen LogP contribution is 2.25. The number of rotatable bonds is 4. The minimum Gasteiger partial charge on any atom is -0.497 e. The number of ether oxygens (including phenoxy) is 2. The van der Waals surface area contributed by atoms with Gasteiger partial charge in [-0.2, -0.15) is 0 Å². The third-order valence-corrected chi connectivity index (χ3v) is 1.87. The number of benzene rings is 1. The molecular weight excluding hydrogens is 194 g/mol. The predicted molar refractivity (Wildman–Crippen MR) is 57.8 cm³/mol. The third-order valence-electron chi connectivity index (χ3n) is 1.87. The summed E-state index contributed by atoms with van der Waals surface area (Å²) in [4.78, 5) is 10.6. The summed E-state index contributed by atoms with van der Waals surface area (Å²) in [5.74, 6) is 0.836. The zero-order valence-corrected chi connectivity index (χ0v) is 8.69. The Bertz CT molecular complexity index is 385. The van der Waals surface area contributed by atoms with Crippen molar-refractivity contribution in [2.24, 2.45) is 5.73 Å². The van der Waals surface area contributed by atoms with Gasteiger partial charge in [-0.3, -0.25) is 4.79 Å². The van der Waals surface area contributed by atoms with Crippen LogP contribution in [-0.4, -0.2) is 20.1 Å². The maximum Gasteiger partial charge on any atom is 0.241 e. The molecular formula is C11H13NO3. The molecule has 0 aliphatic rings. The summed E-state index contributed by atoms with van der Waals surface area (Å²) in [6.07, 6.45) is 2.88. The van der Waals surface area contributed by atoms with Crippen molar-refractivity contribution in [2.75, 3.05) is 14.2 Å². The minimum absolute atomic E-state index is 0.493. The molecule has 0 spiro atoms. The van der Waals surface area contributed by atoms with Crippen molar-refractivity contribution in [3.8, 4) is 11.5 Å². The first kappa shape index (κ1) is 11.1. The lowest BCUT2D eigenvalue weighted by Crippen LogP contribution is -2.05.